The number of anilines is 1. The molecule has 7 nitrogen and oxygen atoms in total. The molecule has 1 fully saturated rings. The summed E-state index contributed by atoms with van der Waals surface area (Å²) in [5.74, 6) is 1.91. The number of halogens is 1. The van der Waals surface area contributed by atoms with Gasteiger partial charge in [-0.1, -0.05) is 23.4 Å². The first-order chi connectivity index (χ1) is 15.7. The highest BCUT2D eigenvalue weighted by Crippen LogP contribution is 2.35. The van der Waals surface area contributed by atoms with E-state index in [-0.39, 0.29) is 12.7 Å². The van der Waals surface area contributed by atoms with E-state index in [2.05, 4.69) is 15.1 Å². The van der Waals surface area contributed by atoms with E-state index in [4.69, 9.17) is 21.1 Å². The summed E-state index contributed by atoms with van der Waals surface area (Å²) in [6.07, 6.45) is 0. The van der Waals surface area contributed by atoms with E-state index in [0.29, 0.717) is 24.6 Å². The number of hydrogen-bond donors (Lipinski definition) is 0. The molecule has 0 aliphatic carbocycles. The summed E-state index contributed by atoms with van der Waals surface area (Å²) in [5, 5.41) is 10.0. The SMILES string of the molecule is O=C(CSc1ccc(-c2ccc3c(c2)OCO3)nn1)N1CCN(c2ccc(Cl)cc2)CC1. The third kappa shape index (κ3) is 4.61. The van der Waals surface area contributed by atoms with E-state index >= 15 is 0 Å². The van der Waals surface area contributed by atoms with Crippen LogP contribution in [0.5, 0.6) is 11.5 Å². The van der Waals surface area contributed by atoms with Crippen LogP contribution in [0.1, 0.15) is 0 Å². The fourth-order valence-corrected chi connectivity index (χ4v) is 4.54. The lowest BCUT2D eigenvalue weighted by Crippen LogP contribution is -2.49. The molecule has 0 N–H and O–H groups in total. The van der Waals surface area contributed by atoms with Gasteiger partial charge in [0.2, 0.25) is 12.7 Å². The maximum absolute atomic E-state index is 12.7. The molecule has 1 aromatic heterocycles. The van der Waals surface area contributed by atoms with Gasteiger partial charge in [0.25, 0.3) is 0 Å². The molecule has 3 heterocycles. The zero-order valence-corrected chi connectivity index (χ0v) is 18.8. The fourth-order valence-electron chi connectivity index (χ4n) is 3.70. The minimum Gasteiger partial charge on any atom is -0.454 e. The molecule has 164 valence electrons. The van der Waals surface area contributed by atoms with Crippen LogP contribution in [0, 0.1) is 0 Å². The Morgan fingerprint density at radius 2 is 1.72 bits per heavy atom. The van der Waals surface area contributed by atoms with Crippen molar-refractivity contribution in [2.45, 2.75) is 5.03 Å². The molecule has 0 spiro atoms. The lowest BCUT2D eigenvalue weighted by molar-refractivity contribution is -0.128. The summed E-state index contributed by atoms with van der Waals surface area (Å²) in [7, 11) is 0. The summed E-state index contributed by atoms with van der Waals surface area (Å²) in [4.78, 5) is 16.8. The smallest absolute Gasteiger partial charge is 0.233 e. The lowest BCUT2D eigenvalue weighted by atomic mass is 10.1. The van der Waals surface area contributed by atoms with Gasteiger partial charge < -0.3 is 19.3 Å². The zero-order chi connectivity index (χ0) is 21.9. The van der Waals surface area contributed by atoms with Crippen molar-refractivity contribution >= 4 is 35.0 Å². The summed E-state index contributed by atoms with van der Waals surface area (Å²) in [5.41, 5.74) is 2.79. The first-order valence-electron chi connectivity index (χ1n) is 10.3. The van der Waals surface area contributed by atoms with Crippen molar-refractivity contribution in [1.82, 2.24) is 15.1 Å². The number of ether oxygens (including phenoxy) is 2. The standard InChI is InChI=1S/C23H21ClN4O3S/c24-17-2-4-18(5-3-17)27-9-11-28(12-10-27)23(29)14-32-22-8-6-19(25-26-22)16-1-7-20-21(13-16)31-15-30-20/h1-8,13H,9-12,14-15H2. The monoisotopic (exact) mass is 468 g/mol. The second kappa shape index (κ2) is 9.26. The van der Waals surface area contributed by atoms with E-state index in [1.54, 1.807) is 0 Å². The molecule has 0 radical (unpaired) electrons. The molecule has 2 aromatic carbocycles. The summed E-state index contributed by atoms with van der Waals surface area (Å²) < 4.78 is 10.8. The zero-order valence-electron chi connectivity index (χ0n) is 17.2. The first kappa shape index (κ1) is 20.9. The molecule has 1 amide bonds. The van der Waals surface area contributed by atoms with E-state index in [0.717, 1.165) is 45.8 Å². The van der Waals surface area contributed by atoms with E-state index in [9.17, 15) is 4.79 Å². The number of aromatic nitrogens is 2. The van der Waals surface area contributed by atoms with Crippen LogP contribution in [0.4, 0.5) is 5.69 Å². The van der Waals surface area contributed by atoms with Gasteiger partial charge in [-0.3, -0.25) is 4.79 Å². The minimum atomic E-state index is 0.118. The van der Waals surface area contributed by atoms with Crippen molar-refractivity contribution in [2.24, 2.45) is 0 Å². The largest absolute Gasteiger partial charge is 0.454 e. The van der Waals surface area contributed by atoms with Crippen LogP contribution in [0.25, 0.3) is 11.3 Å². The maximum atomic E-state index is 12.7. The number of hydrogen-bond acceptors (Lipinski definition) is 7. The molecule has 32 heavy (non-hydrogen) atoms. The van der Waals surface area contributed by atoms with Gasteiger partial charge in [0.15, 0.2) is 11.5 Å². The first-order valence-corrected chi connectivity index (χ1v) is 11.7. The lowest BCUT2D eigenvalue weighted by Gasteiger charge is -2.36. The van der Waals surface area contributed by atoms with Crippen LogP contribution in [-0.4, -0.2) is 59.7 Å². The topological polar surface area (TPSA) is 67.8 Å². The predicted molar refractivity (Wildman–Crippen MR) is 125 cm³/mol. The molecule has 2 aliphatic heterocycles. The van der Waals surface area contributed by atoms with E-state index in [1.165, 1.54) is 11.8 Å². The van der Waals surface area contributed by atoms with Crippen molar-refractivity contribution in [1.29, 1.82) is 0 Å². The van der Waals surface area contributed by atoms with E-state index < -0.39 is 0 Å². The normalized spacial score (nSPS) is 15.2. The summed E-state index contributed by atoms with van der Waals surface area (Å²) in [6.45, 7) is 3.27. The van der Waals surface area contributed by atoms with Gasteiger partial charge in [0, 0.05) is 42.5 Å². The molecule has 3 aromatic rings. The molecule has 0 bridgehead atoms. The number of carbonyl (C=O) groups is 1. The molecular weight excluding hydrogens is 448 g/mol. The number of benzene rings is 2. The van der Waals surface area contributed by atoms with Crippen LogP contribution in [-0.2, 0) is 4.79 Å². The van der Waals surface area contributed by atoms with E-state index in [1.807, 2.05) is 59.5 Å². The highest BCUT2D eigenvalue weighted by atomic mass is 35.5. The van der Waals surface area contributed by atoms with Crippen molar-refractivity contribution in [3.63, 3.8) is 0 Å². The van der Waals surface area contributed by atoms with Crippen LogP contribution >= 0.6 is 23.4 Å². The van der Waals surface area contributed by atoms with Gasteiger partial charge in [-0.15, -0.1) is 10.2 Å². The number of amides is 1. The Kier molecular flexibility index (Phi) is 6.05. The quantitative estimate of drug-likeness (QED) is 0.525. The van der Waals surface area contributed by atoms with Gasteiger partial charge >= 0.3 is 0 Å². The number of fused-ring (bicyclic) bond motifs is 1. The van der Waals surface area contributed by atoms with Crippen LogP contribution < -0.4 is 14.4 Å². The Balaban J connectivity index is 1.12. The number of rotatable bonds is 5. The minimum absolute atomic E-state index is 0.118. The summed E-state index contributed by atoms with van der Waals surface area (Å²) in [6, 6.07) is 17.3. The number of piperazine rings is 1. The molecule has 5 rings (SSSR count). The summed E-state index contributed by atoms with van der Waals surface area (Å²) >= 11 is 7.37. The molecule has 9 heteroatoms. The van der Waals surface area contributed by atoms with Gasteiger partial charge in [-0.2, -0.15) is 0 Å². The van der Waals surface area contributed by atoms with Gasteiger partial charge in [-0.05, 0) is 54.6 Å². The highest BCUT2D eigenvalue weighted by molar-refractivity contribution is 7.99. The molecule has 0 saturated carbocycles. The van der Waals surface area contributed by atoms with Crippen LogP contribution in [0.15, 0.2) is 59.6 Å². The van der Waals surface area contributed by atoms with Crippen molar-refractivity contribution < 1.29 is 14.3 Å². The average molecular weight is 469 g/mol. The number of nitrogens with zero attached hydrogens (tertiary/aromatic N) is 4. The maximum Gasteiger partial charge on any atom is 0.233 e. The Bertz CT molecular complexity index is 1100. The third-order valence-electron chi connectivity index (χ3n) is 5.48. The fraction of sp³-hybridized carbons (Fsp3) is 0.261. The van der Waals surface area contributed by atoms with Crippen molar-refractivity contribution in [3.8, 4) is 22.8 Å². The molecule has 0 atom stereocenters. The highest BCUT2D eigenvalue weighted by Gasteiger charge is 2.21. The molecule has 0 unspecified atom stereocenters. The van der Waals surface area contributed by atoms with Crippen molar-refractivity contribution in [3.05, 3.63) is 59.6 Å². The Hall–Kier alpha value is -2.97. The molecule has 1 saturated heterocycles. The van der Waals surface area contributed by atoms with Gasteiger partial charge in [-0.25, -0.2) is 0 Å². The second-order valence-electron chi connectivity index (χ2n) is 7.46. The third-order valence-corrected chi connectivity index (χ3v) is 6.63. The van der Waals surface area contributed by atoms with Crippen LogP contribution in [0.2, 0.25) is 5.02 Å². The molecular formula is C23H21ClN4O3S. The van der Waals surface area contributed by atoms with Gasteiger partial charge in [0.05, 0.1) is 11.4 Å². The second-order valence-corrected chi connectivity index (χ2v) is 8.89. The number of carbonyl (C=O) groups excluding carboxylic acids is 1. The van der Waals surface area contributed by atoms with Gasteiger partial charge in [0.1, 0.15) is 5.03 Å². The van der Waals surface area contributed by atoms with Crippen LogP contribution in [0.3, 0.4) is 0 Å². The average Bonchev–Trinajstić information content (AvgIpc) is 3.31. The number of thioether (sulfide) groups is 1. The van der Waals surface area contributed by atoms with Crippen molar-refractivity contribution in [2.75, 3.05) is 43.6 Å². The Morgan fingerprint density at radius 1 is 0.938 bits per heavy atom. The Labute approximate surface area is 195 Å². The predicted octanol–water partition coefficient (Wildman–Crippen LogP) is 3.97. The molecule has 2 aliphatic rings. The Morgan fingerprint density at radius 3 is 2.47 bits per heavy atom.